The van der Waals surface area contributed by atoms with E-state index >= 15 is 0 Å². The highest BCUT2D eigenvalue weighted by Gasteiger charge is 2.36. The minimum Gasteiger partial charge on any atom is -0.200 e. The van der Waals surface area contributed by atoms with Crippen LogP contribution in [0, 0.1) is 18.8 Å². The summed E-state index contributed by atoms with van der Waals surface area (Å²) in [5.41, 5.74) is 8.07. The number of aromatic nitrogens is 1. The van der Waals surface area contributed by atoms with Gasteiger partial charge in [-0.3, -0.25) is 0 Å². The van der Waals surface area contributed by atoms with Crippen LogP contribution in [0.3, 0.4) is 0 Å². The first kappa shape index (κ1) is 19.7. The summed E-state index contributed by atoms with van der Waals surface area (Å²) in [5, 5.41) is 2.73. The van der Waals surface area contributed by atoms with Crippen LogP contribution in [0.25, 0.3) is 33.2 Å². The second kappa shape index (κ2) is 7.89. The molecule has 1 unspecified atom stereocenters. The Morgan fingerprint density at radius 2 is 1.59 bits per heavy atom. The molecule has 1 atom stereocenters. The Morgan fingerprint density at radius 3 is 2.34 bits per heavy atom. The summed E-state index contributed by atoms with van der Waals surface area (Å²) in [6, 6.07) is 27.2. The van der Waals surface area contributed by atoms with E-state index in [-0.39, 0.29) is 0 Å². The molecule has 7 rings (SSSR count). The molecule has 160 valence electrons. The number of pyridine rings is 1. The van der Waals surface area contributed by atoms with E-state index in [0.29, 0.717) is 0 Å². The summed E-state index contributed by atoms with van der Waals surface area (Å²) >= 11 is 0. The number of hydrogen-bond donors (Lipinski definition) is 0. The molecule has 32 heavy (non-hydrogen) atoms. The van der Waals surface area contributed by atoms with Crippen molar-refractivity contribution in [3.63, 3.8) is 0 Å². The number of rotatable bonds is 3. The fourth-order valence-corrected chi connectivity index (χ4v) is 6.43. The van der Waals surface area contributed by atoms with E-state index in [4.69, 9.17) is 0 Å². The van der Waals surface area contributed by atoms with E-state index in [0.717, 1.165) is 17.8 Å². The van der Waals surface area contributed by atoms with Gasteiger partial charge in [0.05, 0.1) is 10.9 Å². The maximum atomic E-state index is 2.50. The molecule has 0 N–H and O–H groups in total. The quantitative estimate of drug-likeness (QED) is 0.302. The summed E-state index contributed by atoms with van der Waals surface area (Å²) in [6.45, 7) is 2.23. The molecule has 3 saturated carbocycles. The van der Waals surface area contributed by atoms with Gasteiger partial charge in [0.1, 0.15) is 7.05 Å². The van der Waals surface area contributed by atoms with Crippen molar-refractivity contribution in [3.8, 4) is 22.4 Å². The smallest absolute Gasteiger partial charge is 0.200 e. The van der Waals surface area contributed by atoms with Crippen LogP contribution in [0.1, 0.15) is 49.1 Å². The molecule has 0 amide bonds. The largest absolute Gasteiger partial charge is 0.220 e. The van der Waals surface area contributed by atoms with Crippen LogP contribution in [-0.2, 0) is 7.05 Å². The molecule has 0 spiro atoms. The van der Waals surface area contributed by atoms with Gasteiger partial charge in [-0.25, -0.2) is 4.57 Å². The van der Waals surface area contributed by atoms with Crippen LogP contribution in [0.15, 0.2) is 79.0 Å². The van der Waals surface area contributed by atoms with Crippen LogP contribution in [0.4, 0.5) is 0 Å². The lowest BCUT2D eigenvalue weighted by Gasteiger charge is -2.42. The molecular formula is C31H32N+. The van der Waals surface area contributed by atoms with Crippen LogP contribution in [0.2, 0.25) is 0 Å². The zero-order valence-electron chi connectivity index (χ0n) is 19.2. The lowest BCUT2D eigenvalue weighted by atomic mass is 9.63. The third-order valence-electron chi connectivity index (χ3n) is 8.24. The topological polar surface area (TPSA) is 3.88 Å². The third kappa shape index (κ3) is 3.35. The molecule has 3 aliphatic rings. The fraction of sp³-hybridized carbons (Fsp3) is 0.323. The SMILES string of the molecule is Cc1ccc(-c2ccccc2)cc1-c1c2ccc(C3CC4CCC3CC4)cc2cc[n+]1C. The lowest BCUT2D eigenvalue weighted by molar-refractivity contribution is -0.659. The summed E-state index contributed by atoms with van der Waals surface area (Å²) in [5.74, 6) is 2.64. The van der Waals surface area contributed by atoms with Crippen LogP contribution in [-0.4, -0.2) is 0 Å². The molecule has 1 aromatic heterocycles. The number of fused-ring (bicyclic) bond motifs is 4. The monoisotopic (exact) mass is 418 g/mol. The van der Waals surface area contributed by atoms with Crippen molar-refractivity contribution in [1.29, 1.82) is 0 Å². The van der Waals surface area contributed by atoms with Crippen LogP contribution in [0.5, 0.6) is 0 Å². The van der Waals surface area contributed by atoms with Gasteiger partial charge < -0.3 is 0 Å². The molecule has 0 aliphatic heterocycles. The fourth-order valence-electron chi connectivity index (χ4n) is 6.43. The van der Waals surface area contributed by atoms with Crippen molar-refractivity contribution < 1.29 is 4.57 Å². The van der Waals surface area contributed by atoms with Crippen LogP contribution < -0.4 is 4.57 Å². The highest BCUT2D eigenvalue weighted by molar-refractivity contribution is 5.94. The predicted molar refractivity (Wildman–Crippen MR) is 134 cm³/mol. The first-order valence-electron chi connectivity index (χ1n) is 12.3. The third-order valence-corrected chi connectivity index (χ3v) is 8.24. The average Bonchev–Trinajstić information content (AvgIpc) is 2.85. The highest BCUT2D eigenvalue weighted by atomic mass is 14.9. The number of aryl methyl sites for hydroxylation is 2. The average molecular weight is 419 g/mol. The number of hydrogen-bond acceptors (Lipinski definition) is 0. The Morgan fingerprint density at radius 1 is 0.781 bits per heavy atom. The summed E-state index contributed by atoms with van der Waals surface area (Å²) in [6.07, 6.45) is 9.45. The first-order chi connectivity index (χ1) is 15.7. The van der Waals surface area contributed by atoms with Gasteiger partial charge in [0.2, 0.25) is 5.69 Å². The van der Waals surface area contributed by atoms with E-state index in [1.54, 1.807) is 5.56 Å². The van der Waals surface area contributed by atoms with Crippen molar-refractivity contribution in [2.75, 3.05) is 0 Å². The molecule has 0 saturated heterocycles. The van der Waals surface area contributed by atoms with Gasteiger partial charge >= 0.3 is 0 Å². The Hall–Kier alpha value is -2.93. The summed E-state index contributed by atoms with van der Waals surface area (Å²) in [7, 11) is 2.18. The second-order valence-corrected chi connectivity index (χ2v) is 10.1. The lowest BCUT2D eigenvalue weighted by Crippen LogP contribution is -2.31. The number of nitrogens with zero attached hydrogens (tertiary/aromatic N) is 1. The normalized spacial score (nSPS) is 22.4. The number of benzene rings is 3. The standard InChI is InChI=1S/C31H32N/c1-21-8-11-25(23-6-4-3-5-7-23)20-29(21)31-28-15-14-26(19-27(28)16-17-32(31)2)30-18-22-9-12-24(30)13-10-22/h3-8,11,14-17,19-20,22,24,30H,9-10,12-13,18H2,1-2H3/q+1. The Labute approximate surface area is 191 Å². The van der Waals surface area contributed by atoms with E-state index < -0.39 is 0 Å². The predicted octanol–water partition coefficient (Wildman–Crippen LogP) is 7.60. The van der Waals surface area contributed by atoms with E-state index in [1.165, 1.54) is 70.8 Å². The highest BCUT2D eigenvalue weighted by Crippen LogP contribution is 2.50. The van der Waals surface area contributed by atoms with Crippen molar-refractivity contribution >= 4 is 10.8 Å². The molecule has 1 heteroatoms. The summed E-state index contributed by atoms with van der Waals surface area (Å²) < 4.78 is 2.29. The van der Waals surface area contributed by atoms with Gasteiger partial charge in [-0.2, -0.15) is 0 Å². The Balaban J connectivity index is 1.46. The van der Waals surface area contributed by atoms with Gasteiger partial charge in [0, 0.05) is 6.07 Å². The maximum Gasteiger partial charge on any atom is 0.220 e. The zero-order valence-corrected chi connectivity index (χ0v) is 19.2. The van der Waals surface area contributed by atoms with E-state index in [9.17, 15) is 0 Å². The van der Waals surface area contributed by atoms with Crippen molar-refractivity contribution in [2.24, 2.45) is 18.9 Å². The van der Waals surface area contributed by atoms with E-state index in [2.05, 4.69) is 97.5 Å². The molecule has 2 bridgehead atoms. The maximum absolute atomic E-state index is 2.50. The minimum absolute atomic E-state index is 0.771. The van der Waals surface area contributed by atoms with Gasteiger partial charge in [0.15, 0.2) is 6.20 Å². The Kier molecular flexibility index (Phi) is 4.86. The summed E-state index contributed by atoms with van der Waals surface area (Å²) in [4.78, 5) is 0. The van der Waals surface area contributed by atoms with Crippen molar-refractivity contribution in [2.45, 2.75) is 44.9 Å². The molecule has 1 nitrogen and oxygen atoms in total. The van der Waals surface area contributed by atoms with E-state index in [1.807, 2.05) is 0 Å². The molecule has 3 aromatic carbocycles. The molecule has 3 fully saturated rings. The molecule has 1 heterocycles. The molecule has 4 aromatic rings. The van der Waals surface area contributed by atoms with Crippen LogP contribution >= 0.6 is 0 Å². The first-order valence-corrected chi connectivity index (χ1v) is 12.3. The van der Waals surface area contributed by atoms with Gasteiger partial charge in [-0.15, -0.1) is 0 Å². The molecule has 0 radical (unpaired) electrons. The minimum atomic E-state index is 0.771. The van der Waals surface area contributed by atoms with Gasteiger partial charge in [0.25, 0.3) is 0 Å². The Bertz CT molecular complexity index is 1280. The zero-order chi connectivity index (χ0) is 21.7. The van der Waals surface area contributed by atoms with Crippen molar-refractivity contribution in [1.82, 2.24) is 0 Å². The second-order valence-electron chi connectivity index (χ2n) is 10.1. The molecular weight excluding hydrogens is 386 g/mol. The van der Waals surface area contributed by atoms with Gasteiger partial charge in [-0.05, 0) is 83.7 Å². The van der Waals surface area contributed by atoms with Crippen molar-refractivity contribution in [3.05, 3.63) is 90.1 Å². The molecule has 3 aliphatic carbocycles. The van der Waals surface area contributed by atoms with Gasteiger partial charge in [-0.1, -0.05) is 67.4 Å².